The Labute approximate surface area is 104 Å². The van der Waals surface area contributed by atoms with Crippen LogP contribution in [0.4, 0.5) is 0 Å². The number of methoxy groups -OCH3 is 1. The molecule has 1 fully saturated rings. The maximum Gasteiger partial charge on any atom is 0.223 e. The summed E-state index contributed by atoms with van der Waals surface area (Å²) in [6.07, 6.45) is 5.80. The van der Waals surface area contributed by atoms with Crippen molar-refractivity contribution in [3.05, 3.63) is 0 Å². The number of carbonyl (C=O) groups is 1. The first kappa shape index (κ1) is 14.5. The molecular weight excluding hydrogens is 218 g/mol. The number of amides is 1. The van der Waals surface area contributed by atoms with Crippen LogP contribution in [-0.4, -0.2) is 36.4 Å². The Kier molecular flexibility index (Phi) is 5.92. The Hall–Kier alpha value is -0.610. The van der Waals surface area contributed by atoms with Gasteiger partial charge in [-0.15, -0.1) is 0 Å². The van der Waals surface area contributed by atoms with E-state index in [1.54, 1.807) is 7.11 Å². The Morgan fingerprint density at radius 3 is 2.59 bits per heavy atom. The molecule has 0 heterocycles. The average Bonchev–Trinajstić information content (AvgIpc) is 2.28. The van der Waals surface area contributed by atoms with E-state index < -0.39 is 5.60 Å². The number of carbonyl (C=O) groups excluding carboxylic acids is 1. The van der Waals surface area contributed by atoms with Gasteiger partial charge < -0.3 is 15.2 Å². The van der Waals surface area contributed by atoms with Crippen LogP contribution in [0, 0.1) is 0 Å². The molecule has 0 saturated heterocycles. The number of hydrogen-bond donors (Lipinski definition) is 2. The highest BCUT2D eigenvalue weighted by Crippen LogP contribution is 2.30. The normalized spacial score (nSPS) is 20.9. The Morgan fingerprint density at radius 2 is 2.06 bits per heavy atom. The topological polar surface area (TPSA) is 58.6 Å². The van der Waals surface area contributed by atoms with E-state index in [4.69, 9.17) is 4.74 Å². The minimum absolute atomic E-state index is 0.0553. The van der Waals surface area contributed by atoms with Crippen LogP contribution in [0.3, 0.4) is 0 Å². The maximum atomic E-state index is 11.8. The summed E-state index contributed by atoms with van der Waals surface area (Å²) in [7, 11) is 1.63. The van der Waals surface area contributed by atoms with Gasteiger partial charge in [0.1, 0.15) is 0 Å². The van der Waals surface area contributed by atoms with Gasteiger partial charge in [-0.2, -0.15) is 0 Å². The van der Waals surface area contributed by atoms with Gasteiger partial charge in [-0.25, -0.2) is 0 Å². The van der Waals surface area contributed by atoms with Crippen molar-refractivity contribution in [1.29, 1.82) is 0 Å². The minimum Gasteiger partial charge on any atom is -0.389 e. The quantitative estimate of drug-likeness (QED) is 0.745. The molecule has 100 valence electrons. The van der Waals surface area contributed by atoms with E-state index in [1.807, 2.05) is 6.92 Å². The smallest absolute Gasteiger partial charge is 0.223 e. The van der Waals surface area contributed by atoms with Crippen molar-refractivity contribution in [3.8, 4) is 0 Å². The molecule has 1 rings (SSSR count). The molecule has 0 aromatic carbocycles. The molecule has 1 aliphatic rings. The summed E-state index contributed by atoms with van der Waals surface area (Å²) >= 11 is 0. The van der Waals surface area contributed by atoms with Gasteiger partial charge in [-0.3, -0.25) is 4.79 Å². The summed E-state index contributed by atoms with van der Waals surface area (Å²) in [5, 5.41) is 13.2. The number of aliphatic hydroxyl groups is 1. The standard InChI is InChI=1S/C13H25NO3/c1-3-11(10-17-2)14-12(15)9-13(16)7-5-4-6-8-13/h11,16H,3-10H2,1-2H3,(H,14,15). The Morgan fingerprint density at radius 1 is 1.41 bits per heavy atom. The third-order valence-corrected chi connectivity index (χ3v) is 3.50. The summed E-state index contributed by atoms with van der Waals surface area (Å²) in [6, 6.07) is 0.0553. The van der Waals surface area contributed by atoms with Crippen molar-refractivity contribution in [1.82, 2.24) is 5.32 Å². The van der Waals surface area contributed by atoms with Gasteiger partial charge in [0.25, 0.3) is 0 Å². The van der Waals surface area contributed by atoms with Crippen LogP contribution in [-0.2, 0) is 9.53 Å². The van der Waals surface area contributed by atoms with E-state index in [2.05, 4.69) is 5.32 Å². The van der Waals surface area contributed by atoms with Crippen LogP contribution in [0.15, 0.2) is 0 Å². The van der Waals surface area contributed by atoms with E-state index in [1.165, 1.54) is 6.42 Å². The summed E-state index contributed by atoms with van der Waals surface area (Å²) in [6.45, 7) is 2.54. The number of rotatable bonds is 6. The molecule has 0 aromatic heterocycles. The lowest BCUT2D eigenvalue weighted by atomic mass is 9.82. The molecule has 0 spiro atoms. The van der Waals surface area contributed by atoms with Crippen molar-refractivity contribution in [2.75, 3.05) is 13.7 Å². The van der Waals surface area contributed by atoms with Gasteiger partial charge in [0.15, 0.2) is 0 Å². The van der Waals surface area contributed by atoms with E-state index in [-0.39, 0.29) is 18.4 Å². The number of hydrogen-bond acceptors (Lipinski definition) is 3. The van der Waals surface area contributed by atoms with Crippen LogP contribution in [0.1, 0.15) is 51.9 Å². The molecule has 4 nitrogen and oxygen atoms in total. The minimum atomic E-state index is -0.770. The van der Waals surface area contributed by atoms with Crippen LogP contribution < -0.4 is 5.32 Å². The van der Waals surface area contributed by atoms with Crippen molar-refractivity contribution in [2.24, 2.45) is 0 Å². The van der Waals surface area contributed by atoms with E-state index in [0.717, 1.165) is 32.1 Å². The first-order valence-corrected chi connectivity index (χ1v) is 6.60. The van der Waals surface area contributed by atoms with E-state index in [0.29, 0.717) is 6.61 Å². The zero-order valence-corrected chi connectivity index (χ0v) is 11.0. The molecule has 0 aliphatic heterocycles. The summed E-state index contributed by atoms with van der Waals surface area (Å²) in [5.74, 6) is -0.0571. The fourth-order valence-electron chi connectivity index (χ4n) is 2.43. The first-order valence-electron chi connectivity index (χ1n) is 6.60. The van der Waals surface area contributed by atoms with Crippen molar-refractivity contribution < 1.29 is 14.6 Å². The Balaban J connectivity index is 2.36. The number of nitrogens with one attached hydrogen (secondary N) is 1. The summed E-state index contributed by atoms with van der Waals surface area (Å²) in [5.41, 5.74) is -0.770. The molecule has 0 aromatic rings. The van der Waals surface area contributed by atoms with Gasteiger partial charge in [-0.05, 0) is 19.3 Å². The van der Waals surface area contributed by atoms with Gasteiger partial charge in [-0.1, -0.05) is 26.2 Å². The van der Waals surface area contributed by atoms with Crippen LogP contribution in [0.2, 0.25) is 0 Å². The molecule has 17 heavy (non-hydrogen) atoms. The maximum absolute atomic E-state index is 11.8. The lowest BCUT2D eigenvalue weighted by molar-refractivity contribution is -0.128. The van der Waals surface area contributed by atoms with Crippen molar-refractivity contribution in [2.45, 2.75) is 63.5 Å². The third-order valence-electron chi connectivity index (χ3n) is 3.50. The Bertz CT molecular complexity index is 237. The molecular formula is C13H25NO3. The highest BCUT2D eigenvalue weighted by molar-refractivity contribution is 5.77. The van der Waals surface area contributed by atoms with Crippen LogP contribution >= 0.6 is 0 Å². The van der Waals surface area contributed by atoms with Crippen LogP contribution in [0.25, 0.3) is 0 Å². The predicted octanol–water partition coefficient (Wildman–Crippen LogP) is 1.61. The van der Waals surface area contributed by atoms with Crippen molar-refractivity contribution in [3.63, 3.8) is 0 Å². The third kappa shape index (κ3) is 5.04. The average molecular weight is 243 g/mol. The highest BCUT2D eigenvalue weighted by Gasteiger charge is 2.32. The molecule has 0 radical (unpaired) electrons. The second-order valence-electron chi connectivity index (χ2n) is 5.09. The second kappa shape index (κ2) is 6.97. The van der Waals surface area contributed by atoms with E-state index in [9.17, 15) is 9.90 Å². The van der Waals surface area contributed by atoms with Gasteiger partial charge in [0, 0.05) is 7.11 Å². The molecule has 1 atom stereocenters. The molecule has 2 N–H and O–H groups in total. The molecule has 0 bridgehead atoms. The number of ether oxygens (including phenoxy) is 1. The van der Waals surface area contributed by atoms with Crippen molar-refractivity contribution >= 4 is 5.91 Å². The van der Waals surface area contributed by atoms with Gasteiger partial charge in [0.2, 0.25) is 5.91 Å². The van der Waals surface area contributed by atoms with E-state index >= 15 is 0 Å². The van der Waals surface area contributed by atoms with Gasteiger partial charge in [0.05, 0.1) is 24.7 Å². The monoisotopic (exact) mass is 243 g/mol. The second-order valence-corrected chi connectivity index (χ2v) is 5.09. The zero-order valence-electron chi connectivity index (χ0n) is 11.0. The zero-order chi connectivity index (χ0) is 12.7. The predicted molar refractivity (Wildman–Crippen MR) is 66.7 cm³/mol. The molecule has 1 saturated carbocycles. The first-order chi connectivity index (χ1) is 8.09. The molecule has 4 heteroatoms. The molecule has 1 aliphatic carbocycles. The fraction of sp³-hybridized carbons (Fsp3) is 0.923. The SMILES string of the molecule is CCC(COC)NC(=O)CC1(O)CCCCC1. The van der Waals surface area contributed by atoms with Gasteiger partial charge >= 0.3 is 0 Å². The summed E-state index contributed by atoms with van der Waals surface area (Å²) < 4.78 is 5.03. The lowest BCUT2D eigenvalue weighted by Crippen LogP contribution is -2.43. The highest BCUT2D eigenvalue weighted by atomic mass is 16.5. The van der Waals surface area contributed by atoms with Crippen LogP contribution in [0.5, 0.6) is 0 Å². The fourth-order valence-corrected chi connectivity index (χ4v) is 2.43. The molecule has 1 amide bonds. The molecule has 1 unspecified atom stereocenters. The summed E-state index contributed by atoms with van der Waals surface area (Å²) in [4.78, 5) is 11.8. The lowest BCUT2D eigenvalue weighted by Gasteiger charge is -2.32. The largest absolute Gasteiger partial charge is 0.389 e.